The first-order valence-corrected chi connectivity index (χ1v) is 17.1. The van der Waals surface area contributed by atoms with Gasteiger partial charge in [-0.3, -0.25) is 4.79 Å². The number of aliphatic hydroxyl groups excluding tert-OH is 1. The topological polar surface area (TPSA) is 90.0 Å². The standard InChI is InChI=1S/C32H38AsF3N3O4/c34-32(35,36)25-3-1-2-24(18-25)30(42)37-19-29(41)33-26-12-15-39(20-26)27-10-8-22(9-11-27)21-4-6-23(7-5-21)31(43)38-16-13-28(40)14-17-38/h1-7,18,22,26-28,40H,8-17,19-20H2,(H,37,42). The number of aliphatic hydroxyl groups is 1. The molecule has 3 fully saturated rings. The molecule has 2 amide bonds. The van der Waals surface area contributed by atoms with Crippen molar-refractivity contribution >= 4 is 32.1 Å². The number of alkyl halides is 3. The molecule has 5 rings (SSSR count). The minimum atomic E-state index is -4.53. The first-order chi connectivity index (χ1) is 20.6. The Hall–Kier alpha value is -2.68. The summed E-state index contributed by atoms with van der Waals surface area (Å²) in [5.41, 5.74) is 0.971. The summed E-state index contributed by atoms with van der Waals surface area (Å²) in [4.78, 5) is 42.1. The van der Waals surface area contributed by atoms with Crippen molar-refractivity contribution in [3.05, 3.63) is 70.8 Å². The molecule has 1 saturated carbocycles. The second-order valence-electron chi connectivity index (χ2n) is 11.9. The predicted octanol–water partition coefficient (Wildman–Crippen LogP) is 4.48. The van der Waals surface area contributed by atoms with E-state index in [4.69, 9.17) is 0 Å². The van der Waals surface area contributed by atoms with Crippen LogP contribution < -0.4 is 5.32 Å². The summed E-state index contributed by atoms with van der Waals surface area (Å²) >= 11 is -0.631. The summed E-state index contributed by atoms with van der Waals surface area (Å²) in [6, 6.07) is 12.8. The van der Waals surface area contributed by atoms with E-state index in [1.54, 1.807) is 0 Å². The van der Waals surface area contributed by atoms with Gasteiger partial charge in [0.2, 0.25) is 0 Å². The van der Waals surface area contributed by atoms with Crippen LogP contribution in [0, 0.1) is 0 Å². The molecule has 1 unspecified atom stereocenters. The molecule has 1 radical (unpaired) electrons. The zero-order chi connectivity index (χ0) is 30.6. The van der Waals surface area contributed by atoms with Gasteiger partial charge in [-0.2, -0.15) is 0 Å². The summed E-state index contributed by atoms with van der Waals surface area (Å²) in [6.07, 6.45) is 1.72. The zero-order valence-corrected chi connectivity index (χ0v) is 25.9. The number of benzene rings is 2. The van der Waals surface area contributed by atoms with Crippen LogP contribution in [0.25, 0.3) is 0 Å². The molecule has 2 heterocycles. The molecular weight excluding hydrogens is 622 g/mol. The van der Waals surface area contributed by atoms with Gasteiger partial charge in [-0.25, -0.2) is 0 Å². The SMILES string of the molecule is O=C(CNC(=O)c1cccc(C(F)(F)F)c1)[As]C1CCN(C2CCC(c3ccc(C(=O)N4CCC(O)CC4)cc3)CC2)C1. The van der Waals surface area contributed by atoms with Gasteiger partial charge in [0.05, 0.1) is 6.10 Å². The van der Waals surface area contributed by atoms with E-state index < -0.39 is 33.4 Å². The number of halogens is 3. The average Bonchev–Trinajstić information content (AvgIpc) is 3.48. The molecule has 1 aliphatic carbocycles. The van der Waals surface area contributed by atoms with E-state index in [1.807, 2.05) is 17.0 Å². The molecule has 2 N–H and O–H groups in total. The average molecular weight is 661 g/mol. The summed E-state index contributed by atoms with van der Waals surface area (Å²) in [6.45, 7) is 2.89. The monoisotopic (exact) mass is 660 g/mol. The van der Waals surface area contributed by atoms with E-state index in [-0.39, 0.29) is 28.7 Å². The summed E-state index contributed by atoms with van der Waals surface area (Å²) in [5, 5.41) is 12.2. The van der Waals surface area contributed by atoms with Crippen LogP contribution >= 0.6 is 0 Å². The Morgan fingerprint density at radius 2 is 1.58 bits per heavy atom. The Morgan fingerprint density at radius 1 is 0.884 bits per heavy atom. The van der Waals surface area contributed by atoms with Crippen LogP contribution in [-0.4, -0.2) is 91.9 Å². The predicted molar refractivity (Wildman–Crippen MR) is 157 cm³/mol. The van der Waals surface area contributed by atoms with Gasteiger partial charge < -0.3 is 10.0 Å². The third-order valence-electron chi connectivity index (χ3n) is 8.97. The van der Waals surface area contributed by atoms with Crippen molar-refractivity contribution in [2.24, 2.45) is 0 Å². The molecule has 3 aliphatic rings. The molecule has 11 heteroatoms. The molecule has 2 aromatic rings. The van der Waals surface area contributed by atoms with Crippen LogP contribution in [0.1, 0.15) is 82.7 Å². The number of hydrogen-bond acceptors (Lipinski definition) is 5. The number of nitrogens with one attached hydrogen (secondary N) is 1. The van der Waals surface area contributed by atoms with Gasteiger partial charge in [-0.15, -0.1) is 0 Å². The number of hydrogen-bond donors (Lipinski definition) is 2. The van der Waals surface area contributed by atoms with Crippen LogP contribution in [0.15, 0.2) is 48.5 Å². The Kier molecular flexibility index (Phi) is 10.3. The number of carbonyl (C=O) groups excluding carboxylic acids is 3. The fourth-order valence-electron chi connectivity index (χ4n) is 6.47. The molecule has 2 aliphatic heterocycles. The Balaban J connectivity index is 1.03. The molecule has 43 heavy (non-hydrogen) atoms. The number of nitrogens with zero attached hydrogens (tertiary/aromatic N) is 2. The quantitative estimate of drug-likeness (QED) is 0.408. The molecule has 0 aromatic heterocycles. The van der Waals surface area contributed by atoms with Gasteiger partial charge in [0.1, 0.15) is 0 Å². The third kappa shape index (κ3) is 8.28. The van der Waals surface area contributed by atoms with E-state index >= 15 is 0 Å². The van der Waals surface area contributed by atoms with E-state index in [0.29, 0.717) is 48.2 Å². The van der Waals surface area contributed by atoms with E-state index in [0.717, 1.165) is 57.3 Å². The molecule has 2 aromatic carbocycles. The fourth-order valence-corrected chi connectivity index (χ4v) is 8.81. The molecule has 1 atom stereocenters. The van der Waals surface area contributed by atoms with Crippen molar-refractivity contribution in [3.63, 3.8) is 0 Å². The Bertz CT molecular complexity index is 1290. The van der Waals surface area contributed by atoms with Gasteiger partial charge in [-0.1, -0.05) is 0 Å². The second-order valence-corrected chi connectivity index (χ2v) is 15.0. The number of carbonyl (C=O) groups is 3. The van der Waals surface area contributed by atoms with Crippen LogP contribution in [0.3, 0.4) is 0 Å². The zero-order valence-electron chi connectivity index (χ0n) is 24.1. The van der Waals surface area contributed by atoms with Crippen LogP contribution in [-0.2, 0) is 11.0 Å². The van der Waals surface area contributed by atoms with Gasteiger partial charge in [-0.05, 0) is 12.8 Å². The number of amides is 2. The molecular formula is C32H38AsF3N3O4. The van der Waals surface area contributed by atoms with E-state index in [9.17, 15) is 32.7 Å². The molecule has 2 saturated heterocycles. The second kappa shape index (κ2) is 14.0. The fraction of sp³-hybridized carbons (Fsp3) is 0.531. The molecule has 7 nitrogen and oxygen atoms in total. The number of rotatable bonds is 8. The Labute approximate surface area is 256 Å². The summed E-state index contributed by atoms with van der Waals surface area (Å²) in [7, 11) is 0. The van der Waals surface area contributed by atoms with Crippen molar-refractivity contribution in [2.75, 3.05) is 32.7 Å². The summed E-state index contributed by atoms with van der Waals surface area (Å²) in [5.74, 6) is -0.170. The number of likely N-dealkylation sites (tertiary alicyclic amines) is 2. The van der Waals surface area contributed by atoms with Crippen molar-refractivity contribution in [2.45, 2.75) is 73.9 Å². The van der Waals surface area contributed by atoms with Crippen molar-refractivity contribution in [1.82, 2.24) is 15.1 Å². The molecule has 0 spiro atoms. The maximum absolute atomic E-state index is 12.9. The molecule has 0 bridgehead atoms. The Morgan fingerprint density at radius 3 is 2.26 bits per heavy atom. The van der Waals surface area contributed by atoms with Gasteiger partial charge >= 0.3 is 210 Å². The van der Waals surface area contributed by atoms with Gasteiger partial charge in [0.15, 0.2) is 0 Å². The van der Waals surface area contributed by atoms with Crippen molar-refractivity contribution in [1.29, 1.82) is 0 Å². The maximum atomic E-state index is 12.9. The minimum absolute atomic E-state index is 0.0214. The first kappa shape index (κ1) is 31.7. The van der Waals surface area contributed by atoms with Crippen molar-refractivity contribution in [3.8, 4) is 0 Å². The van der Waals surface area contributed by atoms with Gasteiger partial charge in [0, 0.05) is 13.1 Å². The first-order valence-electron chi connectivity index (χ1n) is 15.1. The van der Waals surface area contributed by atoms with Crippen LogP contribution in [0.5, 0.6) is 0 Å². The third-order valence-corrected chi connectivity index (χ3v) is 11.6. The van der Waals surface area contributed by atoms with E-state index in [1.165, 1.54) is 17.7 Å². The van der Waals surface area contributed by atoms with Gasteiger partial charge in [0.25, 0.3) is 0 Å². The summed E-state index contributed by atoms with van der Waals surface area (Å²) < 4.78 is 39.1. The molecule has 231 valence electrons. The van der Waals surface area contributed by atoms with E-state index in [2.05, 4.69) is 22.3 Å². The van der Waals surface area contributed by atoms with Crippen molar-refractivity contribution < 1.29 is 32.7 Å². The van der Waals surface area contributed by atoms with Crippen LogP contribution in [0.2, 0.25) is 4.71 Å². The number of piperidine rings is 1. The van der Waals surface area contributed by atoms with Crippen LogP contribution in [0.4, 0.5) is 13.2 Å². The normalized spacial score (nSPS) is 24.0.